The van der Waals surface area contributed by atoms with Crippen molar-refractivity contribution in [1.82, 2.24) is 9.80 Å². The van der Waals surface area contributed by atoms with Crippen LogP contribution in [-0.2, 0) is 4.79 Å². The van der Waals surface area contributed by atoms with Crippen LogP contribution in [-0.4, -0.2) is 48.4 Å². The molecule has 1 amide bonds. The number of nitrogens with zero attached hydrogens (tertiary/aromatic N) is 2. The highest BCUT2D eigenvalue weighted by Crippen LogP contribution is 2.17. The summed E-state index contributed by atoms with van der Waals surface area (Å²) >= 11 is 0. The van der Waals surface area contributed by atoms with E-state index in [4.69, 9.17) is 0 Å². The van der Waals surface area contributed by atoms with Crippen molar-refractivity contribution in [2.45, 2.75) is 38.8 Å². The lowest BCUT2D eigenvalue weighted by Gasteiger charge is -2.37. The fourth-order valence-electron chi connectivity index (χ4n) is 1.82. The molecule has 0 aromatic heterocycles. The molecule has 1 saturated heterocycles. The molecule has 3 nitrogen and oxygen atoms in total. The monoisotopic (exact) mass is 184 g/mol. The molecular formula is C10H20N2O. The molecule has 0 aliphatic carbocycles. The number of likely N-dealkylation sites (tertiary alicyclic amines) is 1. The molecule has 1 atom stereocenters. The van der Waals surface area contributed by atoms with Crippen LogP contribution in [0.25, 0.3) is 0 Å². The van der Waals surface area contributed by atoms with Gasteiger partial charge in [-0.25, -0.2) is 0 Å². The minimum atomic E-state index is 0.306. The highest BCUT2D eigenvalue weighted by Gasteiger charge is 2.27. The molecule has 0 radical (unpaired) electrons. The van der Waals surface area contributed by atoms with Gasteiger partial charge in [-0.1, -0.05) is 0 Å². The summed E-state index contributed by atoms with van der Waals surface area (Å²) in [6.45, 7) is 5.07. The van der Waals surface area contributed by atoms with Crippen LogP contribution in [0.2, 0.25) is 0 Å². The van der Waals surface area contributed by atoms with Crippen LogP contribution >= 0.6 is 0 Å². The second-order valence-corrected chi connectivity index (χ2v) is 4.29. The summed E-state index contributed by atoms with van der Waals surface area (Å²) in [6.07, 6.45) is 1.79. The Labute approximate surface area is 80.7 Å². The highest BCUT2D eigenvalue weighted by atomic mass is 16.2. The zero-order valence-electron chi connectivity index (χ0n) is 9.08. The number of hydrogen-bond acceptors (Lipinski definition) is 2. The van der Waals surface area contributed by atoms with Crippen LogP contribution in [0, 0.1) is 0 Å². The molecule has 0 saturated carbocycles. The van der Waals surface area contributed by atoms with Crippen molar-refractivity contribution < 1.29 is 4.79 Å². The highest BCUT2D eigenvalue weighted by molar-refractivity contribution is 5.77. The van der Waals surface area contributed by atoms with E-state index in [1.165, 1.54) is 0 Å². The van der Waals surface area contributed by atoms with Crippen molar-refractivity contribution in [2.75, 3.05) is 20.6 Å². The number of hydrogen-bond donors (Lipinski definition) is 0. The summed E-state index contributed by atoms with van der Waals surface area (Å²) in [4.78, 5) is 15.8. The molecule has 0 aromatic carbocycles. The maximum absolute atomic E-state index is 11.6. The lowest BCUT2D eigenvalue weighted by molar-refractivity contribution is -0.137. The van der Waals surface area contributed by atoms with Gasteiger partial charge in [0.25, 0.3) is 0 Å². The zero-order chi connectivity index (χ0) is 10.0. The van der Waals surface area contributed by atoms with Crippen molar-refractivity contribution in [3.05, 3.63) is 0 Å². The maximum atomic E-state index is 11.6. The Hall–Kier alpha value is -0.570. The SMILES string of the molecule is CC(C)N1CCC(N(C)C)CC1=O. The first-order chi connectivity index (χ1) is 6.02. The number of amides is 1. The van der Waals surface area contributed by atoms with Gasteiger partial charge in [0.2, 0.25) is 5.91 Å². The van der Waals surface area contributed by atoms with Crippen molar-refractivity contribution in [1.29, 1.82) is 0 Å². The van der Waals surface area contributed by atoms with Gasteiger partial charge in [0.05, 0.1) is 0 Å². The van der Waals surface area contributed by atoms with Crippen molar-refractivity contribution in [2.24, 2.45) is 0 Å². The van der Waals surface area contributed by atoms with Crippen LogP contribution in [0.3, 0.4) is 0 Å². The first-order valence-electron chi connectivity index (χ1n) is 4.98. The average molecular weight is 184 g/mol. The summed E-state index contributed by atoms with van der Waals surface area (Å²) in [5.41, 5.74) is 0. The van der Waals surface area contributed by atoms with E-state index in [0.717, 1.165) is 13.0 Å². The number of rotatable bonds is 2. The van der Waals surface area contributed by atoms with Gasteiger partial charge >= 0.3 is 0 Å². The first-order valence-corrected chi connectivity index (χ1v) is 4.98. The van der Waals surface area contributed by atoms with E-state index in [2.05, 4.69) is 18.7 Å². The minimum absolute atomic E-state index is 0.306. The van der Waals surface area contributed by atoms with E-state index in [1.807, 2.05) is 19.0 Å². The van der Waals surface area contributed by atoms with E-state index in [9.17, 15) is 4.79 Å². The van der Waals surface area contributed by atoms with Gasteiger partial charge in [-0.2, -0.15) is 0 Å². The number of carbonyl (C=O) groups is 1. The predicted molar refractivity (Wildman–Crippen MR) is 53.6 cm³/mol. The normalized spacial score (nSPS) is 24.6. The van der Waals surface area contributed by atoms with Gasteiger partial charge < -0.3 is 9.80 Å². The quantitative estimate of drug-likeness (QED) is 0.638. The van der Waals surface area contributed by atoms with E-state index in [-0.39, 0.29) is 0 Å². The molecule has 1 aliphatic heterocycles. The Morgan fingerprint density at radius 3 is 2.46 bits per heavy atom. The molecule has 0 spiro atoms. The van der Waals surface area contributed by atoms with Crippen molar-refractivity contribution in [3.63, 3.8) is 0 Å². The topological polar surface area (TPSA) is 23.6 Å². The van der Waals surface area contributed by atoms with Crippen molar-refractivity contribution in [3.8, 4) is 0 Å². The lowest BCUT2D eigenvalue weighted by Crippen LogP contribution is -2.48. The third kappa shape index (κ3) is 2.44. The Morgan fingerprint density at radius 1 is 1.46 bits per heavy atom. The van der Waals surface area contributed by atoms with Crippen LogP contribution in [0.5, 0.6) is 0 Å². The molecule has 1 fully saturated rings. The van der Waals surface area contributed by atoms with Gasteiger partial charge in [-0.15, -0.1) is 0 Å². The molecule has 0 aromatic rings. The molecule has 0 bridgehead atoms. The van der Waals surface area contributed by atoms with E-state index < -0.39 is 0 Å². The Bertz CT molecular complexity index is 189. The molecule has 1 unspecified atom stereocenters. The summed E-state index contributed by atoms with van der Waals surface area (Å²) < 4.78 is 0. The van der Waals surface area contributed by atoms with E-state index in [0.29, 0.717) is 24.4 Å². The Morgan fingerprint density at radius 2 is 2.08 bits per heavy atom. The summed E-state index contributed by atoms with van der Waals surface area (Å²) in [7, 11) is 4.09. The lowest BCUT2D eigenvalue weighted by atomic mass is 10.0. The smallest absolute Gasteiger partial charge is 0.224 e. The standard InChI is InChI=1S/C10H20N2O/c1-8(2)12-6-5-9(11(3)4)7-10(12)13/h8-9H,5-7H2,1-4H3. The second-order valence-electron chi connectivity index (χ2n) is 4.29. The molecule has 1 aliphatic rings. The molecular weight excluding hydrogens is 164 g/mol. The Kier molecular flexibility index (Phi) is 3.31. The predicted octanol–water partition coefficient (Wildman–Crippen LogP) is 0.947. The van der Waals surface area contributed by atoms with Crippen LogP contribution in [0.1, 0.15) is 26.7 Å². The average Bonchev–Trinajstić information content (AvgIpc) is 2.03. The van der Waals surface area contributed by atoms with E-state index >= 15 is 0 Å². The van der Waals surface area contributed by atoms with Gasteiger partial charge in [0.15, 0.2) is 0 Å². The largest absolute Gasteiger partial charge is 0.340 e. The molecule has 0 N–H and O–H groups in total. The summed E-state index contributed by atoms with van der Waals surface area (Å²) in [5, 5.41) is 0. The van der Waals surface area contributed by atoms with E-state index in [1.54, 1.807) is 0 Å². The molecule has 3 heteroatoms. The first kappa shape index (κ1) is 10.5. The van der Waals surface area contributed by atoms with Gasteiger partial charge in [0.1, 0.15) is 0 Å². The van der Waals surface area contributed by atoms with Crippen LogP contribution < -0.4 is 0 Å². The van der Waals surface area contributed by atoms with Crippen molar-refractivity contribution >= 4 is 5.91 Å². The van der Waals surface area contributed by atoms with Crippen LogP contribution in [0.4, 0.5) is 0 Å². The van der Waals surface area contributed by atoms with Gasteiger partial charge in [-0.05, 0) is 34.4 Å². The fourth-order valence-corrected chi connectivity index (χ4v) is 1.82. The maximum Gasteiger partial charge on any atom is 0.224 e. The summed E-state index contributed by atoms with van der Waals surface area (Å²) in [6, 6.07) is 0.804. The number of carbonyl (C=O) groups excluding carboxylic acids is 1. The van der Waals surface area contributed by atoms with Gasteiger partial charge in [0, 0.05) is 25.0 Å². The second kappa shape index (κ2) is 4.09. The molecule has 1 rings (SSSR count). The summed E-state index contributed by atoms with van der Waals surface area (Å²) in [5.74, 6) is 0.306. The molecule has 1 heterocycles. The van der Waals surface area contributed by atoms with Crippen LogP contribution in [0.15, 0.2) is 0 Å². The third-order valence-electron chi connectivity index (χ3n) is 2.79. The zero-order valence-corrected chi connectivity index (χ0v) is 9.08. The Balaban J connectivity index is 2.52. The van der Waals surface area contributed by atoms with Gasteiger partial charge in [-0.3, -0.25) is 4.79 Å². The third-order valence-corrected chi connectivity index (χ3v) is 2.79. The molecule has 13 heavy (non-hydrogen) atoms. The number of piperidine rings is 1. The molecule has 76 valence electrons. The minimum Gasteiger partial charge on any atom is -0.340 e. The fraction of sp³-hybridized carbons (Fsp3) is 0.900.